The molecule has 0 aromatic carbocycles. The highest BCUT2D eigenvalue weighted by molar-refractivity contribution is 5.39. The minimum Gasteiger partial charge on any atom is -0.474 e. The summed E-state index contributed by atoms with van der Waals surface area (Å²) in [6.07, 6.45) is 8.41. The van der Waals surface area contributed by atoms with Crippen LogP contribution in [-0.4, -0.2) is 35.2 Å². The first-order valence-electron chi connectivity index (χ1n) is 7.16. The third kappa shape index (κ3) is 3.80. The topological polar surface area (TPSA) is 64.3 Å². The Bertz CT molecular complexity index is 397. The van der Waals surface area contributed by atoms with E-state index < -0.39 is 0 Å². The van der Waals surface area contributed by atoms with Gasteiger partial charge < -0.3 is 15.4 Å². The zero-order chi connectivity index (χ0) is 13.7. The van der Waals surface area contributed by atoms with Crippen LogP contribution in [0.3, 0.4) is 0 Å². The number of aromatic nitrogens is 2. The summed E-state index contributed by atoms with van der Waals surface area (Å²) < 4.78 is 5.61. The van der Waals surface area contributed by atoms with E-state index in [-0.39, 0.29) is 6.10 Å². The molecule has 19 heavy (non-hydrogen) atoms. The van der Waals surface area contributed by atoms with Crippen LogP contribution in [0.4, 0.5) is 5.82 Å². The minimum atomic E-state index is 0.110. The molecule has 0 saturated carbocycles. The molecule has 1 saturated heterocycles. The van der Waals surface area contributed by atoms with Gasteiger partial charge in [-0.2, -0.15) is 4.98 Å². The van der Waals surface area contributed by atoms with E-state index in [2.05, 4.69) is 14.9 Å². The van der Waals surface area contributed by atoms with Crippen LogP contribution in [0, 0.1) is 0 Å². The van der Waals surface area contributed by atoms with Crippen molar-refractivity contribution in [2.75, 3.05) is 18.0 Å². The summed E-state index contributed by atoms with van der Waals surface area (Å²) in [7, 11) is 0. The van der Waals surface area contributed by atoms with E-state index in [0.717, 1.165) is 18.8 Å². The van der Waals surface area contributed by atoms with Gasteiger partial charge in [-0.05, 0) is 26.7 Å². The molecule has 2 heterocycles. The van der Waals surface area contributed by atoms with E-state index in [1.165, 1.54) is 19.3 Å². The van der Waals surface area contributed by atoms with E-state index >= 15 is 0 Å². The van der Waals surface area contributed by atoms with Gasteiger partial charge in [-0.15, -0.1) is 0 Å². The highest BCUT2D eigenvalue weighted by Crippen LogP contribution is 2.23. The summed E-state index contributed by atoms with van der Waals surface area (Å²) >= 11 is 0. The van der Waals surface area contributed by atoms with E-state index in [0.29, 0.717) is 18.5 Å². The summed E-state index contributed by atoms with van der Waals surface area (Å²) in [4.78, 5) is 11.1. The maximum atomic E-state index is 5.90. The molecule has 0 spiro atoms. The van der Waals surface area contributed by atoms with Crippen LogP contribution in [0.1, 0.15) is 39.5 Å². The minimum absolute atomic E-state index is 0.110. The van der Waals surface area contributed by atoms with Gasteiger partial charge >= 0.3 is 0 Å². The van der Waals surface area contributed by atoms with Crippen LogP contribution in [0.15, 0.2) is 12.4 Å². The lowest BCUT2D eigenvalue weighted by atomic mass is 10.1. The zero-order valence-corrected chi connectivity index (χ0v) is 11.9. The highest BCUT2D eigenvalue weighted by Gasteiger charge is 2.21. The molecule has 0 radical (unpaired) electrons. The maximum Gasteiger partial charge on any atom is 0.234 e. The Balaban J connectivity index is 2.18. The lowest BCUT2D eigenvalue weighted by molar-refractivity contribution is 0.231. The van der Waals surface area contributed by atoms with Crippen LogP contribution < -0.4 is 15.4 Å². The number of anilines is 1. The number of hydrogen-bond donors (Lipinski definition) is 1. The third-order valence-electron chi connectivity index (χ3n) is 3.40. The van der Waals surface area contributed by atoms with Crippen LogP contribution in [0.25, 0.3) is 0 Å². The Kier molecular flexibility index (Phi) is 4.96. The second-order valence-electron chi connectivity index (χ2n) is 5.31. The summed E-state index contributed by atoms with van der Waals surface area (Å²) in [5.41, 5.74) is 5.90. The first-order chi connectivity index (χ1) is 9.20. The molecule has 1 fully saturated rings. The number of nitrogens with two attached hydrogens (primary N) is 1. The Morgan fingerprint density at radius 2 is 2.21 bits per heavy atom. The monoisotopic (exact) mass is 264 g/mol. The molecule has 1 aromatic heterocycles. The Morgan fingerprint density at radius 3 is 2.95 bits per heavy atom. The van der Waals surface area contributed by atoms with E-state index in [9.17, 15) is 0 Å². The number of rotatable bonds is 4. The van der Waals surface area contributed by atoms with Gasteiger partial charge in [0.25, 0.3) is 0 Å². The van der Waals surface area contributed by atoms with Crippen LogP contribution in [0.2, 0.25) is 0 Å². The Labute approximate surface area is 115 Å². The molecule has 5 nitrogen and oxygen atoms in total. The largest absolute Gasteiger partial charge is 0.474 e. The van der Waals surface area contributed by atoms with E-state index in [1.807, 2.05) is 13.8 Å². The van der Waals surface area contributed by atoms with E-state index in [4.69, 9.17) is 10.5 Å². The van der Waals surface area contributed by atoms with Crippen LogP contribution in [0.5, 0.6) is 5.88 Å². The molecule has 106 valence electrons. The zero-order valence-electron chi connectivity index (χ0n) is 11.9. The average Bonchev–Trinajstić information content (AvgIpc) is 2.63. The highest BCUT2D eigenvalue weighted by atomic mass is 16.5. The summed E-state index contributed by atoms with van der Waals surface area (Å²) in [5, 5.41) is 0. The van der Waals surface area contributed by atoms with Gasteiger partial charge in [-0.1, -0.05) is 12.8 Å². The Hall–Kier alpha value is -1.36. The second-order valence-corrected chi connectivity index (χ2v) is 5.31. The first kappa shape index (κ1) is 14.1. The van der Waals surface area contributed by atoms with Gasteiger partial charge in [-0.25, -0.2) is 0 Å². The number of hydrogen-bond acceptors (Lipinski definition) is 5. The third-order valence-corrected chi connectivity index (χ3v) is 3.40. The van der Waals surface area contributed by atoms with Gasteiger partial charge in [-0.3, -0.25) is 4.98 Å². The van der Waals surface area contributed by atoms with Crippen molar-refractivity contribution in [3.63, 3.8) is 0 Å². The van der Waals surface area contributed by atoms with Crippen molar-refractivity contribution in [2.45, 2.75) is 51.7 Å². The quantitative estimate of drug-likeness (QED) is 0.900. The van der Waals surface area contributed by atoms with Gasteiger partial charge in [0.05, 0.1) is 18.5 Å². The fourth-order valence-electron chi connectivity index (χ4n) is 2.50. The predicted octanol–water partition coefficient (Wildman–Crippen LogP) is 1.97. The first-order valence-corrected chi connectivity index (χ1v) is 7.16. The SMILES string of the molecule is CC(C)Oc1cncc(N2CCCCCC2CN)n1. The smallest absolute Gasteiger partial charge is 0.234 e. The van der Waals surface area contributed by atoms with Crippen LogP contribution in [-0.2, 0) is 0 Å². The summed E-state index contributed by atoms with van der Waals surface area (Å²) in [6.45, 7) is 5.64. The van der Waals surface area contributed by atoms with Crippen molar-refractivity contribution < 1.29 is 4.74 Å². The molecule has 0 aliphatic carbocycles. The normalized spacial score (nSPS) is 20.4. The molecule has 1 aliphatic heterocycles. The van der Waals surface area contributed by atoms with Gasteiger partial charge in [0.1, 0.15) is 0 Å². The lowest BCUT2D eigenvalue weighted by Crippen LogP contribution is -2.40. The van der Waals surface area contributed by atoms with Crippen molar-refractivity contribution in [3.8, 4) is 5.88 Å². The second kappa shape index (κ2) is 6.70. The molecule has 1 atom stereocenters. The fraction of sp³-hybridized carbons (Fsp3) is 0.714. The van der Waals surface area contributed by atoms with Crippen molar-refractivity contribution in [1.29, 1.82) is 0 Å². The number of ether oxygens (including phenoxy) is 1. The predicted molar refractivity (Wildman–Crippen MR) is 76.5 cm³/mol. The molecule has 5 heteroatoms. The molecule has 1 aliphatic rings. The molecule has 2 rings (SSSR count). The fourth-order valence-corrected chi connectivity index (χ4v) is 2.50. The van der Waals surface area contributed by atoms with Crippen LogP contribution >= 0.6 is 0 Å². The molecule has 1 unspecified atom stereocenters. The van der Waals surface area contributed by atoms with E-state index in [1.54, 1.807) is 12.4 Å². The average molecular weight is 264 g/mol. The molecule has 0 amide bonds. The van der Waals surface area contributed by atoms with Gasteiger partial charge in [0.2, 0.25) is 5.88 Å². The molecule has 0 bridgehead atoms. The van der Waals surface area contributed by atoms with Crippen molar-refractivity contribution in [1.82, 2.24) is 9.97 Å². The molecule has 1 aromatic rings. The Morgan fingerprint density at radius 1 is 1.37 bits per heavy atom. The molecule has 2 N–H and O–H groups in total. The summed E-state index contributed by atoms with van der Waals surface area (Å²) in [6, 6.07) is 0.367. The van der Waals surface area contributed by atoms with Crippen molar-refractivity contribution in [3.05, 3.63) is 12.4 Å². The van der Waals surface area contributed by atoms with Crippen molar-refractivity contribution >= 4 is 5.82 Å². The standard InChI is InChI=1S/C14H24N4O/c1-11(2)19-14-10-16-9-13(17-14)18-7-5-3-4-6-12(18)8-15/h9-12H,3-8,15H2,1-2H3. The molecular weight excluding hydrogens is 240 g/mol. The maximum absolute atomic E-state index is 5.90. The summed E-state index contributed by atoms with van der Waals surface area (Å²) in [5.74, 6) is 1.48. The molecular formula is C14H24N4O. The lowest BCUT2D eigenvalue weighted by Gasteiger charge is -2.30. The van der Waals surface area contributed by atoms with Gasteiger partial charge in [0, 0.05) is 19.1 Å². The van der Waals surface area contributed by atoms with Crippen molar-refractivity contribution in [2.24, 2.45) is 5.73 Å². The number of nitrogens with zero attached hydrogens (tertiary/aromatic N) is 3. The van der Waals surface area contributed by atoms with Gasteiger partial charge in [0.15, 0.2) is 5.82 Å².